The van der Waals surface area contributed by atoms with Crippen molar-refractivity contribution in [2.45, 2.75) is 6.54 Å². The summed E-state index contributed by atoms with van der Waals surface area (Å²) in [7, 11) is 0. The van der Waals surface area contributed by atoms with E-state index in [-0.39, 0.29) is 0 Å². The van der Waals surface area contributed by atoms with Gasteiger partial charge in [-0.05, 0) is 52.3 Å². The Labute approximate surface area is 125 Å². The fraction of sp³-hybridized carbons (Fsp3) is 0.0667. The van der Waals surface area contributed by atoms with Crippen LogP contribution in [-0.2, 0) is 6.54 Å². The van der Waals surface area contributed by atoms with Crippen molar-refractivity contribution in [2.75, 3.05) is 5.32 Å². The average Bonchev–Trinajstić information content (AvgIpc) is 3.01. The van der Waals surface area contributed by atoms with Crippen LogP contribution in [0, 0.1) is 0 Å². The number of anilines is 1. The first kappa shape index (κ1) is 12.9. The van der Waals surface area contributed by atoms with Gasteiger partial charge in [0, 0.05) is 28.8 Å². The van der Waals surface area contributed by atoms with E-state index in [4.69, 9.17) is 0 Å². The van der Waals surface area contributed by atoms with E-state index in [1.54, 1.807) is 12.4 Å². The highest BCUT2D eigenvalue weighted by molar-refractivity contribution is 9.10. The molecule has 4 nitrogen and oxygen atoms in total. The monoisotopic (exact) mass is 328 g/mol. The van der Waals surface area contributed by atoms with Crippen LogP contribution < -0.4 is 5.32 Å². The summed E-state index contributed by atoms with van der Waals surface area (Å²) < 4.78 is 2.82. The second-order valence-corrected chi connectivity index (χ2v) is 5.24. The minimum absolute atomic E-state index is 0.690. The van der Waals surface area contributed by atoms with Gasteiger partial charge in [-0.15, -0.1) is 0 Å². The number of rotatable bonds is 4. The van der Waals surface area contributed by atoms with Crippen molar-refractivity contribution in [3.63, 3.8) is 0 Å². The highest BCUT2D eigenvalue weighted by atomic mass is 79.9. The van der Waals surface area contributed by atoms with E-state index in [0.29, 0.717) is 6.54 Å². The third kappa shape index (κ3) is 3.05. The predicted octanol–water partition coefficient (Wildman–Crippen LogP) is 3.64. The lowest BCUT2D eigenvalue weighted by molar-refractivity contribution is 0.880. The van der Waals surface area contributed by atoms with Crippen LogP contribution in [-0.4, -0.2) is 14.8 Å². The molecule has 2 aromatic heterocycles. The first-order chi connectivity index (χ1) is 9.81. The number of pyridine rings is 1. The van der Waals surface area contributed by atoms with Gasteiger partial charge in [0.05, 0.1) is 17.9 Å². The van der Waals surface area contributed by atoms with Crippen LogP contribution in [0.2, 0.25) is 0 Å². The Balaban J connectivity index is 1.72. The maximum Gasteiger partial charge on any atom is 0.0666 e. The van der Waals surface area contributed by atoms with Gasteiger partial charge in [-0.25, -0.2) is 4.68 Å². The third-order valence-electron chi connectivity index (χ3n) is 2.88. The van der Waals surface area contributed by atoms with Gasteiger partial charge >= 0.3 is 0 Å². The topological polar surface area (TPSA) is 42.7 Å². The second-order valence-electron chi connectivity index (χ2n) is 4.32. The third-order valence-corrected chi connectivity index (χ3v) is 3.35. The fourth-order valence-electron chi connectivity index (χ4n) is 1.88. The summed E-state index contributed by atoms with van der Waals surface area (Å²) in [5.41, 5.74) is 3.07. The fourth-order valence-corrected chi connectivity index (χ4v) is 2.12. The summed E-state index contributed by atoms with van der Waals surface area (Å²) in [6, 6.07) is 14.0. The number of hydrogen-bond donors (Lipinski definition) is 1. The van der Waals surface area contributed by atoms with Crippen molar-refractivity contribution in [3.05, 3.63) is 71.2 Å². The lowest BCUT2D eigenvalue weighted by Gasteiger charge is -2.08. The van der Waals surface area contributed by atoms with Crippen LogP contribution in [0.4, 0.5) is 5.69 Å². The summed E-state index contributed by atoms with van der Waals surface area (Å²) >= 11 is 3.38. The molecular formula is C15H13BrN4. The van der Waals surface area contributed by atoms with Crippen LogP contribution in [0.1, 0.15) is 5.69 Å². The predicted molar refractivity (Wildman–Crippen MR) is 82.8 cm³/mol. The molecule has 0 aliphatic heterocycles. The molecule has 100 valence electrons. The maximum atomic E-state index is 4.34. The largest absolute Gasteiger partial charge is 0.379 e. The minimum atomic E-state index is 0.690. The minimum Gasteiger partial charge on any atom is -0.379 e. The summed E-state index contributed by atoms with van der Waals surface area (Å²) in [5.74, 6) is 0. The van der Waals surface area contributed by atoms with Gasteiger partial charge in [-0.2, -0.15) is 5.10 Å². The highest BCUT2D eigenvalue weighted by Gasteiger charge is 1.99. The molecule has 0 aliphatic carbocycles. The SMILES string of the molecule is Brc1ccc(CNc2cccc(-n3cccn3)c2)nc1. The van der Waals surface area contributed by atoms with E-state index in [0.717, 1.165) is 21.5 Å². The van der Waals surface area contributed by atoms with Crippen molar-refractivity contribution in [3.8, 4) is 5.69 Å². The van der Waals surface area contributed by atoms with Crippen LogP contribution in [0.3, 0.4) is 0 Å². The molecule has 0 atom stereocenters. The molecule has 0 saturated carbocycles. The number of nitrogens with one attached hydrogen (secondary N) is 1. The van der Waals surface area contributed by atoms with E-state index in [2.05, 4.69) is 37.4 Å². The molecule has 0 bridgehead atoms. The molecule has 0 saturated heterocycles. The van der Waals surface area contributed by atoms with Gasteiger partial charge in [-0.3, -0.25) is 4.98 Å². The van der Waals surface area contributed by atoms with Gasteiger partial charge in [0.2, 0.25) is 0 Å². The van der Waals surface area contributed by atoms with Gasteiger partial charge in [0.15, 0.2) is 0 Å². The summed E-state index contributed by atoms with van der Waals surface area (Å²) in [4.78, 5) is 4.34. The van der Waals surface area contributed by atoms with E-state index in [1.807, 2.05) is 47.3 Å². The zero-order chi connectivity index (χ0) is 13.8. The zero-order valence-corrected chi connectivity index (χ0v) is 12.3. The molecule has 0 unspecified atom stereocenters. The molecule has 5 heteroatoms. The highest BCUT2D eigenvalue weighted by Crippen LogP contribution is 2.15. The normalized spacial score (nSPS) is 10.4. The molecule has 0 aliphatic rings. The number of nitrogens with zero attached hydrogens (tertiary/aromatic N) is 3. The molecule has 1 aromatic carbocycles. The van der Waals surface area contributed by atoms with Gasteiger partial charge < -0.3 is 5.32 Å². The Hall–Kier alpha value is -2.14. The standard InChI is InChI=1S/C15H13BrN4/c16-12-5-6-14(17-10-12)11-18-13-3-1-4-15(9-13)20-8-2-7-19-20/h1-10,18H,11H2. The van der Waals surface area contributed by atoms with Gasteiger partial charge in [0.25, 0.3) is 0 Å². The van der Waals surface area contributed by atoms with Crippen LogP contribution >= 0.6 is 15.9 Å². The van der Waals surface area contributed by atoms with Crippen LogP contribution in [0.15, 0.2) is 65.5 Å². The Kier molecular flexibility index (Phi) is 3.78. The van der Waals surface area contributed by atoms with Crippen molar-refractivity contribution in [1.82, 2.24) is 14.8 Å². The molecule has 0 spiro atoms. The van der Waals surface area contributed by atoms with E-state index in [9.17, 15) is 0 Å². The summed E-state index contributed by atoms with van der Waals surface area (Å²) in [6.07, 6.45) is 5.50. The molecule has 0 fully saturated rings. The molecule has 3 rings (SSSR count). The molecule has 2 heterocycles. The van der Waals surface area contributed by atoms with Crippen LogP contribution in [0.5, 0.6) is 0 Å². The van der Waals surface area contributed by atoms with Crippen LogP contribution in [0.25, 0.3) is 5.69 Å². The number of aromatic nitrogens is 3. The average molecular weight is 329 g/mol. The quantitative estimate of drug-likeness (QED) is 0.795. The first-order valence-electron chi connectivity index (χ1n) is 6.26. The molecule has 0 amide bonds. The lowest BCUT2D eigenvalue weighted by Crippen LogP contribution is -2.02. The van der Waals surface area contributed by atoms with Gasteiger partial charge in [-0.1, -0.05) is 6.07 Å². The van der Waals surface area contributed by atoms with E-state index < -0.39 is 0 Å². The van der Waals surface area contributed by atoms with Crippen molar-refractivity contribution < 1.29 is 0 Å². The molecule has 1 N–H and O–H groups in total. The van der Waals surface area contributed by atoms with E-state index >= 15 is 0 Å². The summed E-state index contributed by atoms with van der Waals surface area (Å²) in [6.45, 7) is 0.690. The molecule has 0 radical (unpaired) electrons. The Morgan fingerprint density at radius 1 is 1.15 bits per heavy atom. The number of benzene rings is 1. The molecular weight excluding hydrogens is 316 g/mol. The van der Waals surface area contributed by atoms with Crippen molar-refractivity contribution in [1.29, 1.82) is 0 Å². The van der Waals surface area contributed by atoms with E-state index in [1.165, 1.54) is 0 Å². The molecule has 3 aromatic rings. The zero-order valence-electron chi connectivity index (χ0n) is 10.7. The smallest absolute Gasteiger partial charge is 0.0666 e. The van der Waals surface area contributed by atoms with Crippen molar-refractivity contribution in [2.24, 2.45) is 0 Å². The Morgan fingerprint density at radius 3 is 2.85 bits per heavy atom. The second kappa shape index (κ2) is 5.88. The van der Waals surface area contributed by atoms with Crippen molar-refractivity contribution >= 4 is 21.6 Å². The Morgan fingerprint density at radius 2 is 2.10 bits per heavy atom. The number of hydrogen-bond acceptors (Lipinski definition) is 3. The summed E-state index contributed by atoms with van der Waals surface area (Å²) in [5, 5.41) is 7.59. The first-order valence-corrected chi connectivity index (χ1v) is 7.05. The Bertz CT molecular complexity index is 677. The maximum absolute atomic E-state index is 4.34. The molecule has 20 heavy (non-hydrogen) atoms. The van der Waals surface area contributed by atoms with Gasteiger partial charge in [0.1, 0.15) is 0 Å². The number of halogens is 1. The lowest BCUT2D eigenvalue weighted by atomic mass is 10.2.